The maximum atomic E-state index is 5.07. The maximum Gasteiger partial charge on any atom is 0.164 e. The van der Waals surface area contributed by atoms with Crippen molar-refractivity contribution in [2.45, 2.75) is 0 Å². The summed E-state index contributed by atoms with van der Waals surface area (Å²) in [6.07, 6.45) is 0. The van der Waals surface area contributed by atoms with E-state index < -0.39 is 0 Å². The van der Waals surface area contributed by atoms with Gasteiger partial charge in [0.2, 0.25) is 0 Å². The second-order valence-corrected chi connectivity index (χ2v) is 13.3. The Morgan fingerprint density at radius 3 is 0.870 bits per heavy atom. The number of aromatic nitrogens is 3. The van der Waals surface area contributed by atoms with Crippen LogP contribution in [0.3, 0.4) is 0 Å². The zero-order valence-corrected chi connectivity index (χ0v) is 29.5. The number of benzene rings is 8. The van der Waals surface area contributed by atoms with Gasteiger partial charge in [0.1, 0.15) is 0 Å². The van der Waals surface area contributed by atoms with E-state index in [1.807, 2.05) is 12.1 Å². The lowest BCUT2D eigenvalue weighted by atomic mass is 9.94. The molecule has 0 aliphatic heterocycles. The van der Waals surface area contributed by atoms with Gasteiger partial charge in [-0.05, 0) is 61.7 Å². The van der Waals surface area contributed by atoms with E-state index in [0.29, 0.717) is 17.5 Å². The minimum atomic E-state index is 0.629. The third kappa shape index (κ3) is 6.87. The SMILES string of the molecule is c1ccc(-c2ccc(-c3nc(-c4ccc(-c5cccc(-c6ccccc6)c5)cc4)nc(-c4ccc(-c5ccccc5-c5ccccc5)cc4)n3)cc2)cc1. The molecule has 0 aliphatic carbocycles. The summed E-state index contributed by atoms with van der Waals surface area (Å²) in [5, 5.41) is 0. The van der Waals surface area contributed by atoms with Gasteiger partial charge in [-0.3, -0.25) is 0 Å². The Labute approximate surface area is 316 Å². The Morgan fingerprint density at radius 1 is 0.185 bits per heavy atom. The lowest BCUT2D eigenvalue weighted by Crippen LogP contribution is -2.00. The van der Waals surface area contributed by atoms with Crippen molar-refractivity contribution in [3.63, 3.8) is 0 Å². The normalized spacial score (nSPS) is 11.0. The molecule has 0 saturated carbocycles. The van der Waals surface area contributed by atoms with Gasteiger partial charge in [0, 0.05) is 16.7 Å². The Hall–Kier alpha value is -7.23. The van der Waals surface area contributed by atoms with Crippen LogP contribution in [0.5, 0.6) is 0 Å². The lowest BCUT2D eigenvalue weighted by Gasteiger charge is -2.12. The highest BCUT2D eigenvalue weighted by Gasteiger charge is 2.14. The van der Waals surface area contributed by atoms with Crippen LogP contribution in [0.4, 0.5) is 0 Å². The molecule has 0 N–H and O–H groups in total. The van der Waals surface area contributed by atoms with Crippen LogP contribution >= 0.6 is 0 Å². The summed E-state index contributed by atoms with van der Waals surface area (Å²) in [7, 11) is 0. The molecule has 254 valence electrons. The Balaban J connectivity index is 1.08. The second-order valence-electron chi connectivity index (χ2n) is 13.3. The van der Waals surface area contributed by atoms with E-state index in [1.54, 1.807) is 0 Å². The quantitative estimate of drug-likeness (QED) is 0.159. The summed E-state index contributed by atoms with van der Waals surface area (Å²) in [5.74, 6) is 1.89. The molecule has 0 saturated heterocycles. The van der Waals surface area contributed by atoms with Gasteiger partial charge in [-0.1, -0.05) is 206 Å². The molecular formula is C51H35N3. The minimum Gasteiger partial charge on any atom is -0.208 e. The smallest absolute Gasteiger partial charge is 0.164 e. The minimum absolute atomic E-state index is 0.629. The zero-order valence-electron chi connectivity index (χ0n) is 29.5. The molecule has 0 bridgehead atoms. The molecule has 0 spiro atoms. The monoisotopic (exact) mass is 689 g/mol. The molecule has 3 nitrogen and oxygen atoms in total. The summed E-state index contributed by atoms with van der Waals surface area (Å²) in [6, 6.07) is 74.1. The van der Waals surface area contributed by atoms with Gasteiger partial charge < -0.3 is 0 Å². The van der Waals surface area contributed by atoms with Crippen LogP contribution in [0, 0.1) is 0 Å². The summed E-state index contributed by atoms with van der Waals surface area (Å²) in [6.45, 7) is 0. The first-order chi connectivity index (χ1) is 26.7. The molecule has 9 rings (SSSR count). The highest BCUT2D eigenvalue weighted by Crippen LogP contribution is 2.34. The van der Waals surface area contributed by atoms with Gasteiger partial charge in [0.15, 0.2) is 17.5 Å². The van der Waals surface area contributed by atoms with Crippen LogP contribution in [0.15, 0.2) is 212 Å². The third-order valence-corrected chi connectivity index (χ3v) is 9.80. The topological polar surface area (TPSA) is 38.7 Å². The highest BCUT2D eigenvalue weighted by atomic mass is 15.0. The average molecular weight is 690 g/mol. The van der Waals surface area contributed by atoms with Crippen LogP contribution in [0.25, 0.3) is 89.8 Å². The van der Waals surface area contributed by atoms with Gasteiger partial charge in [-0.15, -0.1) is 0 Å². The first-order valence-electron chi connectivity index (χ1n) is 18.2. The van der Waals surface area contributed by atoms with Crippen LogP contribution < -0.4 is 0 Å². The van der Waals surface area contributed by atoms with Crippen LogP contribution in [0.2, 0.25) is 0 Å². The standard InChI is InChI=1S/C51H35N3/c1-4-13-36(14-5-1)38-23-29-42(30-24-38)49-52-50(43-31-25-39(26-32-43)46-20-12-19-45(35-46)37-15-6-2-7-16-37)54-51(53-49)44-33-27-41(28-34-44)48-22-11-10-21-47(48)40-17-8-3-9-18-40/h1-35H. The number of rotatable bonds is 8. The summed E-state index contributed by atoms with van der Waals surface area (Å²) >= 11 is 0. The van der Waals surface area contributed by atoms with Gasteiger partial charge in [-0.2, -0.15) is 0 Å². The molecule has 3 heteroatoms. The van der Waals surface area contributed by atoms with Crippen molar-refractivity contribution in [1.29, 1.82) is 0 Å². The maximum absolute atomic E-state index is 5.07. The van der Waals surface area contributed by atoms with E-state index in [-0.39, 0.29) is 0 Å². The Bertz CT molecular complexity index is 2650. The third-order valence-electron chi connectivity index (χ3n) is 9.80. The number of nitrogens with zero attached hydrogens (tertiary/aromatic N) is 3. The molecule has 0 fully saturated rings. The largest absolute Gasteiger partial charge is 0.208 e. The highest BCUT2D eigenvalue weighted by molar-refractivity contribution is 5.84. The van der Waals surface area contributed by atoms with Crippen molar-refractivity contribution in [2.75, 3.05) is 0 Å². The van der Waals surface area contributed by atoms with Gasteiger partial charge in [-0.25, -0.2) is 15.0 Å². The van der Waals surface area contributed by atoms with E-state index >= 15 is 0 Å². The van der Waals surface area contributed by atoms with E-state index in [0.717, 1.165) is 38.9 Å². The lowest BCUT2D eigenvalue weighted by molar-refractivity contribution is 1.07. The molecule has 0 radical (unpaired) electrons. The summed E-state index contributed by atoms with van der Waals surface area (Å²) < 4.78 is 0. The first kappa shape index (κ1) is 32.7. The Morgan fingerprint density at radius 2 is 0.444 bits per heavy atom. The van der Waals surface area contributed by atoms with Crippen molar-refractivity contribution in [1.82, 2.24) is 15.0 Å². The molecule has 1 heterocycles. The van der Waals surface area contributed by atoms with Crippen molar-refractivity contribution in [3.8, 4) is 89.8 Å². The molecule has 0 atom stereocenters. The Kier molecular flexibility index (Phi) is 8.94. The van der Waals surface area contributed by atoms with Gasteiger partial charge >= 0.3 is 0 Å². The van der Waals surface area contributed by atoms with E-state index in [4.69, 9.17) is 15.0 Å². The predicted octanol–water partition coefficient (Wildman–Crippen LogP) is 13.2. The molecular weight excluding hydrogens is 655 g/mol. The van der Waals surface area contributed by atoms with Crippen LogP contribution in [0.1, 0.15) is 0 Å². The zero-order chi connectivity index (χ0) is 36.1. The molecule has 8 aromatic carbocycles. The van der Waals surface area contributed by atoms with E-state index in [1.165, 1.54) is 33.4 Å². The summed E-state index contributed by atoms with van der Waals surface area (Å²) in [4.78, 5) is 15.2. The van der Waals surface area contributed by atoms with Crippen molar-refractivity contribution in [2.24, 2.45) is 0 Å². The number of hydrogen-bond acceptors (Lipinski definition) is 3. The van der Waals surface area contributed by atoms with E-state index in [9.17, 15) is 0 Å². The van der Waals surface area contributed by atoms with E-state index in [2.05, 4.69) is 200 Å². The fourth-order valence-corrected chi connectivity index (χ4v) is 6.93. The van der Waals surface area contributed by atoms with Crippen LogP contribution in [-0.2, 0) is 0 Å². The molecule has 54 heavy (non-hydrogen) atoms. The first-order valence-corrected chi connectivity index (χ1v) is 18.2. The second kappa shape index (κ2) is 14.8. The average Bonchev–Trinajstić information content (AvgIpc) is 3.27. The van der Waals surface area contributed by atoms with Crippen molar-refractivity contribution < 1.29 is 0 Å². The van der Waals surface area contributed by atoms with Gasteiger partial charge in [0.05, 0.1) is 0 Å². The van der Waals surface area contributed by atoms with Crippen molar-refractivity contribution >= 4 is 0 Å². The molecule has 1 aromatic heterocycles. The van der Waals surface area contributed by atoms with Crippen LogP contribution in [-0.4, -0.2) is 15.0 Å². The van der Waals surface area contributed by atoms with Gasteiger partial charge in [0.25, 0.3) is 0 Å². The molecule has 9 aromatic rings. The molecule has 0 aliphatic rings. The summed E-state index contributed by atoms with van der Waals surface area (Å²) in [5.41, 5.74) is 14.5. The molecule has 0 amide bonds. The predicted molar refractivity (Wildman–Crippen MR) is 223 cm³/mol. The van der Waals surface area contributed by atoms with Crippen molar-refractivity contribution in [3.05, 3.63) is 212 Å². The molecule has 0 unspecified atom stereocenters. The number of hydrogen-bond donors (Lipinski definition) is 0. The fourth-order valence-electron chi connectivity index (χ4n) is 6.93. The fraction of sp³-hybridized carbons (Fsp3) is 0.